The van der Waals surface area contributed by atoms with Crippen molar-refractivity contribution in [2.45, 2.75) is 31.7 Å². The second-order valence-electron chi connectivity index (χ2n) is 6.00. The highest BCUT2D eigenvalue weighted by atomic mass is 32.1. The molecule has 0 aromatic carbocycles. The Balaban J connectivity index is 1.58. The summed E-state index contributed by atoms with van der Waals surface area (Å²) in [7, 11) is 3.43. The number of likely N-dealkylation sites (tertiary alicyclic amines) is 1. The molecule has 8 heteroatoms. The van der Waals surface area contributed by atoms with Crippen LogP contribution in [0.1, 0.15) is 25.2 Å². The van der Waals surface area contributed by atoms with Gasteiger partial charge in [0, 0.05) is 44.4 Å². The Morgan fingerprint density at radius 2 is 2.29 bits per heavy atom. The maximum Gasteiger partial charge on any atom is 0.244 e. The van der Waals surface area contributed by atoms with Crippen LogP contribution in [-0.2, 0) is 16.0 Å². The molecule has 0 saturated carbocycles. The predicted molar refractivity (Wildman–Crippen MR) is 89.4 cm³/mol. The van der Waals surface area contributed by atoms with Gasteiger partial charge >= 0.3 is 0 Å². The number of aromatic nitrogens is 2. The summed E-state index contributed by atoms with van der Waals surface area (Å²) < 4.78 is 5.21. The summed E-state index contributed by atoms with van der Waals surface area (Å²) in [4.78, 5) is 32.2. The number of amides is 2. The number of hydrogen-bond donors (Lipinski definition) is 0. The molecule has 2 amide bonds. The van der Waals surface area contributed by atoms with Crippen LogP contribution in [0, 0.1) is 0 Å². The molecule has 1 aliphatic rings. The van der Waals surface area contributed by atoms with Crippen molar-refractivity contribution in [1.29, 1.82) is 0 Å². The van der Waals surface area contributed by atoms with E-state index in [2.05, 4.69) is 10.1 Å². The summed E-state index contributed by atoms with van der Waals surface area (Å²) in [6.07, 6.45) is 2.24. The van der Waals surface area contributed by atoms with E-state index in [1.165, 1.54) is 0 Å². The van der Waals surface area contributed by atoms with Gasteiger partial charge in [0.1, 0.15) is 6.04 Å². The predicted octanol–water partition coefficient (Wildman–Crippen LogP) is 1.81. The molecule has 0 spiro atoms. The van der Waals surface area contributed by atoms with Gasteiger partial charge in [-0.25, -0.2) is 0 Å². The molecular weight excluding hydrogens is 328 g/mol. The van der Waals surface area contributed by atoms with E-state index in [-0.39, 0.29) is 24.3 Å². The third-order valence-corrected chi connectivity index (χ3v) is 4.78. The van der Waals surface area contributed by atoms with E-state index < -0.39 is 0 Å². The molecule has 1 atom stereocenters. The molecule has 1 aliphatic heterocycles. The summed E-state index contributed by atoms with van der Waals surface area (Å²) in [6.45, 7) is 0.632. The number of likely N-dealkylation sites (N-methyl/N-ethyl adjacent to an activating group) is 1. The topological polar surface area (TPSA) is 79.5 Å². The molecule has 1 saturated heterocycles. The number of rotatable bonds is 5. The van der Waals surface area contributed by atoms with Crippen molar-refractivity contribution in [2.75, 3.05) is 20.6 Å². The van der Waals surface area contributed by atoms with Crippen LogP contribution >= 0.6 is 11.3 Å². The minimum Gasteiger partial charge on any atom is -0.347 e. The summed E-state index contributed by atoms with van der Waals surface area (Å²) >= 11 is 1.57. The standard InChI is InChI=1S/C16H20N4O3S/c1-19(2)16(22)12-4-3-8-20(12)14(21)6-5-13-17-15(18-23-13)11-7-9-24-10-11/h7,9-10,12H,3-6,8H2,1-2H3. The first-order valence-corrected chi connectivity index (χ1v) is 8.86. The average Bonchev–Trinajstić information content (AvgIpc) is 3.32. The molecule has 3 rings (SSSR count). The lowest BCUT2D eigenvalue weighted by atomic mass is 10.2. The van der Waals surface area contributed by atoms with Crippen molar-refractivity contribution >= 4 is 23.2 Å². The fraction of sp³-hybridized carbons (Fsp3) is 0.500. The minimum atomic E-state index is -0.337. The second kappa shape index (κ2) is 7.12. The molecule has 0 bridgehead atoms. The van der Waals surface area contributed by atoms with Crippen LogP contribution in [0.25, 0.3) is 11.4 Å². The van der Waals surface area contributed by atoms with E-state index in [4.69, 9.17) is 4.52 Å². The number of carbonyl (C=O) groups excluding carboxylic acids is 2. The van der Waals surface area contributed by atoms with Crippen LogP contribution in [0.15, 0.2) is 21.3 Å². The Bertz CT molecular complexity index is 711. The first kappa shape index (κ1) is 16.6. The molecule has 128 valence electrons. The minimum absolute atomic E-state index is 0.0154. The monoisotopic (exact) mass is 348 g/mol. The van der Waals surface area contributed by atoms with Crippen LogP contribution in [0.2, 0.25) is 0 Å². The van der Waals surface area contributed by atoms with Gasteiger partial charge in [-0.1, -0.05) is 5.16 Å². The van der Waals surface area contributed by atoms with Crippen LogP contribution in [0.4, 0.5) is 0 Å². The molecule has 0 N–H and O–H groups in total. The van der Waals surface area contributed by atoms with E-state index in [0.717, 1.165) is 18.4 Å². The lowest BCUT2D eigenvalue weighted by Crippen LogP contribution is -2.45. The third-order valence-electron chi connectivity index (χ3n) is 4.10. The Kier molecular flexibility index (Phi) is 4.94. The Hall–Kier alpha value is -2.22. The summed E-state index contributed by atoms with van der Waals surface area (Å²) in [5.41, 5.74) is 0.914. The molecule has 3 heterocycles. The van der Waals surface area contributed by atoms with Gasteiger partial charge in [0.05, 0.1) is 0 Å². The second-order valence-corrected chi connectivity index (χ2v) is 6.78. The Morgan fingerprint density at radius 1 is 1.46 bits per heavy atom. The highest BCUT2D eigenvalue weighted by molar-refractivity contribution is 7.08. The molecule has 7 nitrogen and oxygen atoms in total. The summed E-state index contributed by atoms with van der Waals surface area (Å²) in [5.74, 6) is 0.932. The van der Waals surface area contributed by atoms with Gasteiger partial charge in [-0.2, -0.15) is 16.3 Å². The molecular formula is C16H20N4O3S. The highest BCUT2D eigenvalue weighted by Crippen LogP contribution is 2.21. The van der Waals surface area contributed by atoms with Crippen molar-refractivity contribution in [1.82, 2.24) is 19.9 Å². The van der Waals surface area contributed by atoms with Crippen LogP contribution < -0.4 is 0 Å². The molecule has 1 unspecified atom stereocenters. The van der Waals surface area contributed by atoms with Gasteiger partial charge in [0.25, 0.3) is 0 Å². The number of thiophene rings is 1. The lowest BCUT2D eigenvalue weighted by Gasteiger charge is -2.26. The van der Waals surface area contributed by atoms with E-state index in [1.54, 1.807) is 35.2 Å². The van der Waals surface area contributed by atoms with Gasteiger partial charge in [-0.15, -0.1) is 0 Å². The molecule has 0 aliphatic carbocycles. The van der Waals surface area contributed by atoms with Crippen molar-refractivity contribution in [3.63, 3.8) is 0 Å². The quantitative estimate of drug-likeness (QED) is 0.823. The van der Waals surface area contributed by atoms with Gasteiger partial charge < -0.3 is 14.3 Å². The van der Waals surface area contributed by atoms with Crippen LogP contribution in [0.5, 0.6) is 0 Å². The van der Waals surface area contributed by atoms with Gasteiger partial charge in [-0.05, 0) is 24.3 Å². The lowest BCUT2D eigenvalue weighted by molar-refractivity contribution is -0.142. The number of aryl methyl sites for hydroxylation is 1. The fourth-order valence-electron chi connectivity index (χ4n) is 2.84. The first-order valence-electron chi connectivity index (χ1n) is 7.92. The maximum atomic E-state index is 12.5. The van der Waals surface area contributed by atoms with Crippen LogP contribution in [0.3, 0.4) is 0 Å². The fourth-order valence-corrected chi connectivity index (χ4v) is 3.48. The third kappa shape index (κ3) is 3.48. The van der Waals surface area contributed by atoms with E-state index in [1.807, 2.05) is 16.8 Å². The van der Waals surface area contributed by atoms with E-state index in [0.29, 0.717) is 24.7 Å². The number of carbonyl (C=O) groups is 2. The van der Waals surface area contributed by atoms with Gasteiger partial charge in [-0.3, -0.25) is 9.59 Å². The normalized spacial score (nSPS) is 17.2. The van der Waals surface area contributed by atoms with E-state index >= 15 is 0 Å². The zero-order valence-corrected chi connectivity index (χ0v) is 14.6. The largest absolute Gasteiger partial charge is 0.347 e. The SMILES string of the molecule is CN(C)C(=O)C1CCCN1C(=O)CCc1nc(-c2ccsc2)no1. The molecule has 24 heavy (non-hydrogen) atoms. The van der Waals surface area contributed by atoms with Crippen molar-refractivity contribution in [2.24, 2.45) is 0 Å². The molecule has 0 radical (unpaired) electrons. The van der Waals surface area contributed by atoms with Crippen molar-refractivity contribution in [3.8, 4) is 11.4 Å². The highest BCUT2D eigenvalue weighted by Gasteiger charge is 2.34. The maximum absolute atomic E-state index is 12.5. The smallest absolute Gasteiger partial charge is 0.244 e. The molecule has 2 aromatic rings. The number of hydrogen-bond acceptors (Lipinski definition) is 6. The van der Waals surface area contributed by atoms with Gasteiger partial charge in [0.2, 0.25) is 23.5 Å². The molecule has 2 aromatic heterocycles. The first-order chi connectivity index (χ1) is 11.6. The van der Waals surface area contributed by atoms with Crippen molar-refractivity contribution < 1.29 is 14.1 Å². The van der Waals surface area contributed by atoms with Crippen LogP contribution in [-0.4, -0.2) is 58.4 Å². The summed E-state index contributed by atoms with van der Waals surface area (Å²) in [5, 5.41) is 7.83. The average molecular weight is 348 g/mol. The van der Waals surface area contributed by atoms with Crippen molar-refractivity contribution in [3.05, 3.63) is 22.7 Å². The Morgan fingerprint density at radius 3 is 3.00 bits per heavy atom. The Labute approximate surface area is 144 Å². The van der Waals surface area contributed by atoms with Gasteiger partial charge in [0.15, 0.2) is 0 Å². The summed E-state index contributed by atoms with van der Waals surface area (Å²) in [6, 6.07) is 1.59. The molecule has 1 fully saturated rings. The zero-order valence-electron chi connectivity index (χ0n) is 13.8. The zero-order chi connectivity index (χ0) is 17.1. The number of nitrogens with zero attached hydrogens (tertiary/aromatic N) is 4. The van der Waals surface area contributed by atoms with E-state index in [9.17, 15) is 9.59 Å².